The highest BCUT2D eigenvalue weighted by Gasteiger charge is 2.17. The van der Waals surface area contributed by atoms with Crippen LogP contribution in [0.3, 0.4) is 0 Å². The Morgan fingerprint density at radius 3 is 2.12 bits per heavy atom. The van der Waals surface area contributed by atoms with Crippen LogP contribution in [0.2, 0.25) is 0 Å². The molecule has 0 saturated carbocycles. The lowest BCUT2D eigenvalue weighted by Crippen LogP contribution is -2.45. The molecular weight excluding hydrogens is 326 g/mol. The third kappa shape index (κ3) is 4.38. The lowest BCUT2D eigenvalue weighted by Gasteiger charge is -2.32. The van der Waals surface area contributed by atoms with Crippen molar-refractivity contribution in [3.05, 3.63) is 47.8 Å². The molecule has 0 radical (unpaired) electrons. The van der Waals surface area contributed by atoms with Gasteiger partial charge < -0.3 is 15.1 Å². The minimum Gasteiger partial charge on any atom is -0.338 e. The fourth-order valence-electron chi connectivity index (χ4n) is 2.87. The number of likely N-dealkylation sites (N-methyl/N-ethyl adjacent to an activating group) is 1. The van der Waals surface area contributed by atoms with Gasteiger partial charge in [0, 0.05) is 44.3 Å². The zero-order valence-corrected chi connectivity index (χ0v) is 16.0. The molecule has 6 nitrogen and oxygen atoms in total. The minimum absolute atomic E-state index is 0.0927. The molecule has 1 amide bonds. The molecule has 2 aromatic rings. The molecule has 3 rings (SSSR count). The first-order chi connectivity index (χ1) is 12.3. The van der Waals surface area contributed by atoms with E-state index in [4.69, 9.17) is 0 Å². The molecule has 6 heteroatoms. The number of benzene rings is 1. The van der Waals surface area contributed by atoms with Gasteiger partial charge >= 0.3 is 0 Å². The summed E-state index contributed by atoms with van der Waals surface area (Å²) in [6, 6.07) is 7.95. The Morgan fingerprint density at radius 1 is 1.00 bits per heavy atom. The number of amides is 1. The molecular formula is C20H27N5O. The molecule has 1 saturated heterocycles. The van der Waals surface area contributed by atoms with Crippen molar-refractivity contribution < 1.29 is 4.79 Å². The van der Waals surface area contributed by atoms with E-state index in [1.807, 2.05) is 24.3 Å². The summed E-state index contributed by atoms with van der Waals surface area (Å²) in [5, 5.41) is 2.90. The highest BCUT2D eigenvalue weighted by molar-refractivity contribution is 6.03. The Kier molecular flexibility index (Phi) is 5.23. The van der Waals surface area contributed by atoms with Crippen molar-refractivity contribution in [1.29, 1.82) is 0 Å². The van der Waals surface area contributed by atoms with Crippen molar-refractivity contribution in [2.45, 2.75) is 26.2 Å². The van der Waals surface area contributed by atoms with Gasteiger partial charge in [-0.3, -0.25) is 4.79 Å². The van der Waals surface area contributed by atoms with E-state index < -0.39 is 0 Å². The van der Waals surface area contributed by atoms with Crippen molar-refractivity contribution in [3.63, 3.8) is 0 Å². The summed E-state index contributed by atoms with van der Waals surface area (Å²) in [7, 11) is 2.11. The van der Waals surface area contributed by atoms with Gasteiger partial charge in [-0.2, -0.15) is 0 Å². The molecule has 0 aliphatic carbocycles. The van der Waals surface area contributed by atoms with Crippen molar-refractivity contribution in [3.8, 4) is 0 Å². The lowest BCUT2D eigenvalue weighted by molar-refractivity contribution is 0.102. The fraction of sp³-hybridized carbons (Fsp3) is 0.450. The number of carbonyl (C=O) groups is 1. The minimum atomic E-state index is -0.196. The van der Waals surface area contributed by atoms with Crippen LogP contribution in [0.25, 0.3) is 0 Å². The number of anilines is 2. The number of rotatable bonds is 3. The Bertz CT molecular complexity index is 741. The maximum absolute atomic E-state index is 12.4. The van der Waals surface area contributed by atoms with Crippen LogP contribution in [-0.4, -0.2) is 54.0 Å². The number of aromatic nitrogens is 2. The second-order valence-corrected chi connectivity index (χ2v) is 7.84. The Labute approximate surface area is 155 Å². The van der Waals surface area contributed by atoms with Crippen molar-refractivity contribution >= 4 is 17.5 Å². The van der Waals surface area contributed by atoms with Crippen molar-refractivity contribution in [1.82, 2.24) is 14.9 Å². The van der Waals surface area contributed by atoms with Gasteiger partial charge in [0.1, 0.15) is 0 Å². The van der Waals surface area contributed by atoms with E-state index in [9.17, 15) is 4.79 Å². The summed E-state index contributed by atoms with van der Waals surface area (Å²) < 4.78 is 0. The highest BCUT2D eigenvalue weighted by atomic mass is 16.1. The zero-order chi connectivity index (χ0) is 18.7. The first kappa shape index (κ1) is 18.3. The number of nitrogens with zero attached hydrogens (tertiary/aromatic N) is 4. The lowest BCUT2D eigenvalue weighted by atomic mass is 9.87. The number of piperazine rings is 1. The monoisotopic (exact) mass is 353 g/mol. The van der Waals surface area contributed by atoms with Gasteiger partial charge in [-0.25, -0.2) is 9.97 Å². The molecule has 26 heavy (non-hydrogen) atoms. The SMILES string of the molecule is CN1CCN(c2ncc(C(=O)Nc3ccc(C(C)(C)C)cc3)cn2)CC1. The van der Waals surface area contributed by atoms with Gasteiger partial charge in [0.2, 0.25) is 5.95 Å². The molecule has 1 aromatic carbocycles. The molecule has 0 atom stereocenters. The van der Waals surface area contributed by atoms with E-state index in [0.717, 1.165) is 31.9 Å². The van der Waals surface area contributed by atoms with E-state index >= 15 is 0 Å². The largest absolute Gasteiger partial charge is 0.338 e. The van der Waals surface area contributed by atoms with Crippen LogP contribution < -0.4 is 10.2 Å². The molecule has 0 bridgehead atoms. The van der Waals surface area contributed by atoms with Crippen LogP contribution in [0.4, 0.5) is 11.6 Å². The van der Waals surface area contributed by atoms with Gasteiger partial charge in [0.15, 0.2) is 0 Å². The number of nitrogens with one attached hydrogen (secondary N) is 1. The number of hydrogen-bond acceptors (Lipinski definition) is 5. The molecule has 0 spiro atoms. The smallest absolute Gasteiger partial charge is 0.258 e. The zero-order valence-electron chi connectivity index (χ0n) is 16.0. The molecule has 0 unspecified atom stereocenters. The third-order valence-corrected chi connectivity index (χ3v) is 4.70. The van der Waals surface area contributed by atoms with Crippen LogP contribution in [0, 0.1) is 0 Å². The molecule has 2 heterocycles. The highest BCUT2D eigenvalue weighted by Crippen LogP contribution is 2.23. The van der Waals surface area contributed by atoms with Gasteiger partial charge in [-0.1, -0.05) is 32.9 Å². The fourth-order valence-corrected chi connectivity index (χ4v) is 2.87. The van der Waals surface area contributed by atoms with E-state index in [2.05, 4.69) is 52.9 Å². The maximum Gasteiger partial charge on any atom is 0.258 e. The predicted molar refractivity (Wildman–Crippen MR) is 105 cm³/mol. The quantitative estimate of drug-likeness (QED) is 0.919. The second-order valence-electron chi connectivity index (χ2n) is 7.84. The molecule has 1 aliphatic heterocycles. The summed E-state index contributed by atoms with van der Waals surface area (Å²) in [4.78, 5) is 25.6. The summed E-state index contributed by atoms with van der Waals surface area (Å²) in [5.74, 6) is 0.489. The van der Waals surface area contributed by atoms with Gasteiger partial charge in [-0.15, -0.1) is 0 Å². The molecule has 1 N–H and O–H groups in total. The van der Waals surface area contributed by atoms with Crippen LogP contribution in [0.5, 0.6) is 0 Å². The summed E-state index contributed by atoms with van der Waals surface area (Å²) in [6.07, 6.45) is 3.19. The van der Waals surface area contributed by atoms with Crippen LogP contribution in [-0.2, 0) is 5.41 Å². The first-order valence-electron chi connectivity index (χ1n) is 9.00. The topological polar surface area (TPSA) is 61.4 Å². The van der Waals surface area contributed by atoms with E-state index in [1.165, 1.54) is 5.56 Å². The van der Waals surface area contributed by atoms with Crippen molar-refractivity contribution in [2.75, 3.05) is 43.4 Å². The van der Waals surface area contributed by atoms with Gasteiger partial charge in [0.05, 0.1) is 5.56 Å². The summed E-state index contributed by atoms with van der Waals surface area (Å²) in [5.41, 5.74) is 2.56. The van der Waals surface area contributed by atoms with E-state index in [0.29, 0.717) is 11.5 Å². The standard InChI is InChI=1S/C20H27N5O/c1-20(2,3)16-5-7-17(8-6-16)23-18(26)15-13-21-19(22-14-15)25-11-9-24(4)10-12-25/h5-8,13-14H,9-12H2,1-4H3,(H,23,26). The average Bonchev–Trinajstić information content (AvgIpc) is 2.62. The van der Waals surface area contributed by atoms with Crippen LogP contribution in [0.15, 0.2) is 36.7 Å². The maximum atomic E-state index is 12.4. The van der Waals surface area contributed by atoms with E-state index in [-0.39, 0.29) is 11.3 Å². The molecule has 1 fully saturated rings. The third-order valence-electron chi connectivity index (χ3n) is 4.70. The summed E-state index contributed by atoms with van der Waals surface area (Å²) in [6.45, 7) is 10.3. The predicted octanol–water partition coefficient (Wildman–Crippen LogP) is 2.78. The summed E-state index contributed by atoms with van der Waals surface area (Å²) >= 11 is 0. The molecule has 1 aliphatic rings. The van der Waals surface area contributed by atoms with Gasteiger partial charge in [0.25, 0.3) is 5.91 Å². The normalized spacial score (nSPS) is 15.8. The van der Waals surface area contributed by atoms with Crippen LogP contribution >= 0.6 is 0 Å². The average molecular weight is 353 g/mol. The number of carbonyl (C=O) groups excluding carboxylic acids is 1. The molecule has 1 aromatic heterocycles. The Morgan fingerprint density at radius 2 is 1.58 bits per heavy atom. The number of hydrogen-bond donors (Lipinski definition) is 1. The van der Waals surface area contributed by atoms with E-state index in [1.54, 1.807) is 12.4 Å². The second kappa shape index (κ2) is 7.41. The van der Waals surface area contributed by atoms with Crippen LogP contribution in [0.1, 0.15) is 36.7 Å². The Hall–Kier alpha value is -2.47. The van der Waals surface area contributed by atoms with Crippen molar-refractivity contribution in [2.24, 2.45) is 0 Å². The van der Waals surface area contributed by atoms with Gasteiger partial charge in [-0.05, 0) is 30.2 Å². The molecule has 138 valence electrons. The first-order valence-corrected chi connectivity index (χ1v) is 9.00. The Balaban J connectivity index is 1.63.